The van der Waals surface area contributed by atoms with Crippen LogP contribution in [0.15, 0.2) is 22.7 Å². The maximum Gasteiger partial charge on any atom is 0.283 e. The van der Waals surface area contributed by atoms with E-state index in [1.54, 1.807) is 12.1 Å². The second-order valence-electron chi connectivity index (χ2n) is 6.11. The van der Waals surface area contributed by atoms with Gasteiger partial charge in [0.25, 0.3) is 5.69 Å². The van der Waals surface area contributed by atoms with Crippen LogP contribution in [0, 0.1) is 10.1 Å². The summed E-state index contributed by atoms with van der Waals surface area (Å²) in [4.78, 5) is 15.8. The first-order valence-corrected chi connectivity index (χ1v) is 8.25. The van der Waals surface area contributed by atoms with Gasteiger partial charge in [0, 0.05) is 37.8 Å². The third-order valence-electron chi connectivity index (χ3n) is 4.66. The highest BCUT2D eigenvalue weighted by molar-refractivity contribution is 9.10. The van der Waals surface area contributed by atoms with E-state index in [-0.39, 0.29) is 10.6 Å². The average Bonchev–Trinajstić information content (AvgIpc) is 2.88. The van der Waals surface area contributed by atoms with Gasteiger partial charge in [0.1, 0.15) is 0 Å². The van der Waals surface area contributed by atoms with Crippen molar-refractivity contribution in [3.8, 4) is 0 Å². The van der Waals surface area contributed by atoms with Crippen LogP contribution in [0.25, 0.3) is 0 Å². The average molecular weight is 354 g/mol. The first-order valence-electron chi connectivity index (χ1n) is 7.45. The molecule has 0 bridgehead atoms. The molecule has 1 aromatic carbocycles. The summed E-state index contributed by atoms with van der Waals surface area (Å²) in [6.45, 7) is 6.46. The molecule has 3 rings (SSSR count). The summed E-state index contributed by atoms with van der Waals surface area (Å²) in [5.74, 6) is 0. The summed E-state index contributed by atoms with van der Waals surface area (Å²) in [7, 11) is 0. The van der Waals surface area contributed by atoms with Crippen LogP contribution in [0.4, 0.5) is 5.69 Å². The second-order valence-corrected chi connectivity index (χ2v) is 6.97. The van der Waals surface area contributed by atoms with Crippen molar-refractivity contribution < 1.29 is 4.92 Å². The minimum Gasteiger partial charge on any atom is -0.298 e. The van der Waals surface area contributed by atoms with E-state index < -0.39 is 0 Å². The zero-order valence-corrected chi connectivity index (χ0v) is 13.8. The Morgan fingerprint density at radius 1 is 1.43 bits per heavy atom. The number of fused-ring (bicyclic) bond motifs is 1. The molecule has 2 atom stereocenters. The van der Waals surface area contributed by atoms with E-state index >= 15 is 0 Å². The van der Waals surface area contributed by atoms with E-state index in [0.29, 0.717) is 16.6 Å². The number of piperazine rings is 1. The van der Waals surface area contributed by atoms with Crippen LogP contribution < -0.4 is 0 Å². The number of hydrogen-bond donors (Lipinski definition) is 0. The lowest BCUT2D eigenvalue weighted by molar-refractivity contribution is -0.385. The van der Waals surface area contributed by atoms with Gasteiger partial charge in [0.15, 0.2) is 0 Å². The van der Waals surface area contributed by atoms with Crippen LogP contribution in [0.1, 0.15) is 25.3 Å². The van der Waals surface area contributed by atoms with Gasteiger partial charge >= 0.3 is 0 Å². The number of benzene rings is 1. The van der Waals surface area contributed by atoms with Gasteiger partial charge in [0.05, 0.1) is 9.40 Å². The number of nitro groups is 1. The molecule has 114 valence electrons. The van der Waals surface area contributed by atoms with Crippen molar-refractivity contribution >= 4 is 21.6 Å². The predicted molar refractivity (Wildman–Crippen MR) is 85.3 cm³/mol. The summed E-state index contributed by atoms with van der Waals surface area (Å²) in [5.41, 5.74) is 1.17. The summed E-state index contributed by atoms with van der Waals surface area (Å²) in [5, 5.41) is 11.0. The van der Waals surface area contributed by atoms with Crippen molar-refractivity contribution in [3.63, 3.8) is 0 Å². The molecule has 6 heteroatoms. The van der Waals surface area contributed by atoms with Crippen molar-refractivity contribution in [2.45, 2.75) is 38.4 Å². The lowest BCUT2D eigenvalue weighted by Crippen LogP contribution is -2.54. The Kier molecular flexibility index (Phi) is 4.28. The molecule has 0 amide bonds. The van der Waals surface area contributed by atoms with Gasteiger partial charge in [-0.05, 0) is 53.9 Å². The Balaban J connectivity index is 1.74. The Labute approximate surface area is 133 Å². The van der Waals surface area contributed by atoms with Gasteiger partial charge in [0.2, 0.25) is 0 Å². The van der Waals surface area contributed by atoms with Crippen LogP contribution in [0.3, 0.4) is 0 Å². The molecule has 0 N–H and O–H groups in total. The maximum absolute atomic E-state index is 11.0. The summed E-state index contributed by atoms with van der Waals surface area (Å²) in [6.07, 6.45) is 2.58. The molecule has 2 unspecified atom stereocenters. The molecule has 2 aliphatic rings. The Morgan fingerprint density at radius 2 is 2.24 bits per heavy atom. The molecule has 2 fully saturated rings. The predicted octanol–water partition coefficient (Wildman–Crippen LogP) is 3.03. The SMILES string of the molecule is CC1CN2CCCC2CN1Cc1ccc(Br)c([N+](=O)[O-])c1. The Bertz CT molecular complexity index is 552. The molecular formula is C15H20BrN3O2. The molecule has 0 radical (unpaired) electrons. The lowest BCUT2D eigenvalue weighted by atomic mass is 10.1. The Hall–Kier alpha value is -0.980. The van der Waals surface area contributed by atoms with Crippen LogP contribution in [0.2, 0.25) is 0 Å². The highest BCUT2D eigenvalue weighted by Gasteiger charge is 2.34. The zero-order valence-electron chi connectivity index (χ0n) is 12.2. The molecule has 21 heavy (non-hydrogen) atoms. The second kappa shape index (κ2) is 6.02. The first kappa shape index (κ1) is 14.9. The van der Waals surface area contributed by atoms with Crippen LogP contribution in [0.5, 0.6) is 0 Å². The normalized spacial score (nSPS) is 26.8. The van der Waals surface area contributed by atoms with Crippen LogP contribution in [-0.4, -0.2) is 46.4 Å². The van der Waals surface area contributed by atoms with E-state index in [0.717, 1.165) is 25.2 Å². The van der Waals surface area contributed by atoms with Gasteiger partial charge < -0.3 is 0 Å². The minimum absolute atomic E-state index is 0.152. The molecule has 2 saturated heterocycles. The molecule has 0 saturated carbocycles. The standard InChI is InChI=1S/C15H20BrN3O2/c1-11-8-17-6-2-3-13(17)10-18(11)9-12-4-5-14(16)15(7-12)19(20)21/h4-5,7,11,13H,2-3,6,8-10H2,1H3. The Morgan fingerprint density at radius 3 is 3.00 bits per heavy atom. The number of nitro benzene ring substituents is 1. The smallest absolute Gasteiger partial charge is 0.283 e. The van der Waals surface area contributed by atoms with Gasteiger partial charge in [-0.2, -0.15) is 0 Å². The van der Waals surface area contributed by atoms with Crippen molar-refractivity contribution in [2.75, 3.05) is 19.6 Å². The van der Waals surface area contributed by atoms with Gasteiger partial charge in [-0.15, -0.1) is 0 Å². The van der Waals surface area contributed by atoms with Crippen molar-refractivity contribution in [3.05, 3.63) is 38.3 Å². The zero-order chi connectivity index (χ0) is 15.0. The molecule has 0 spiro atoms. The fraction of sp³-hybridized carbons (Fsp3) is 0.600. The van der Waals surface area contributed by atoms with Crippen molar-refractivity contribution in [1.29, 1.82) is 0 Å². The molecule has 2 heterocycles. The number of hydrogen-bond acceptors (Lipinski definition) is 4. The number of halogens is 1. The van der Waals surface area contributed by atoms with Gasteiger partial charge in [-0.1, -0.05) is 6.07 Å². The minimum atomic E-state index is -0.327. The molecule has 0 aromatic heterocycles. The fourth-order valence-electron chi connectivity index (χ4n) is 3.50. The topological polar surface area (TPSA) is 49.6 Å². The van der Waals surface area contributed by atoms with Crippen LogP contribution >= 0.6 is 15.9 Å². The van der Waals surface area contributed by atoms with Crippen molar-refractivity contribution in [1.82, 2.24) is 9.80 Å². The largest absolute Gasteiger partial charge is 0.298 e. The van der Waals surface area contributed by atoms with Gasteiger partial charge in [-0.25, -0.2) is 0 Å². The number of nitrogens with zero attached hydrogens (tertiary/aromatic N) is 3. The third-order valence-corrected chi connectivity index (χ3v) is 5.33. The van der Waals surface area contributed by atoms with E-state index in [1.807, 2.05) is 6.07 Å². The molecule has 1 aromatic rings. The van der Waals surface area contributed by atoms with E-state index in [9.17, 15) is 10.1 Å². The van der Waals surface area contributed by atoms with Gasteiger partial charge in [-0.3, -0.25) is 19.9 Å². The molecule has 2 aliphatic heterocycles. The van der Waals surface area contributed by atoms with E-state index in [1.165, 1.54) is 19.4 Å². The molecule has 5 nitrogen and oxygen atoms in total. The maximum atomic E-state index is 11.0. The summed E-state index contributed by atoms with van der Waals surface area (Å²) >= 11 is 3.24. The first-order chi connectivity index (χ1) is 10.0. The van der Waals surface area contributed by atoms with Crippen LogP contribution in [-0.2, 0) is 6.54 Å². The molecular weight excluding hydrogens is 334 g/mol. The van der Waals surface area contributed by atoms with E-state index in [4.69, 9.17) is 0 Å². The fourth-order valence-corrected chi connectivity index (χ4v) is 3.89. The highest BCUT2D eigenvalue weighted by Crippen LogP contribution is 2.29. The quantitative estimate of drug-likeness (QED) is 0.619. The van der Waals surface area contributed by atoms with Crippen molar-refractivity contribution in [2.24, 2.45) is 0 Å². The lowest BCUT2D eigenvalue weighted by Gasteiger charge is -2.42. The third kappa shape index (κ3) is 3.12. The molecule has 0 aliphatic carbocycles. The summed E-state index contributed by atoms with van der Waals surface area (Å²) < 4.78 is 0.546. The van der Waals surface area contributed by atoms with E-state index in [2.05, 4.69) is 32.7 Å². The summed E-state index contributed by atoms with van der Waals surface area (Å²) in [6, 6.07) is 6.63. The number of rotatable bonds is 3. The highest BCUT2D eigenvalue weighted by atomic mass is 79.9. The monoisotopic (exact) mass is 353 g/mol.